The van der Waals surface area contributed by atoms with Gasteiger partial charge in [-0.1, -0.05) is 48.0 Å². The Balaban J connectivity index is 1.59. The van der Waals surface area contributed by atoms with Crippen molar-refractivity contribution >= 4 is 5.91 Å². The van der Waals surface area contributed by atoms with Crippen molar-refractivity contribution in [3.8, 4) is 17.4 Å². The number of amides is 1. The lowest BCUT2D eigenvalue weighted by Crippen LogP contribution is -2.33. The highest BCUT2D eigenvalue weighted by atomic mass is 16.5. The maximum atomic E-state index is 13.2. The molecule has 1 aromatic heterocycles. The van der Waals surface area contributed by atoms with Crippen molar-refractivity contribution in [2.75, 3.05) is 13.2 Å². The van der Waals surface area contributed by atoms with Crippen LogP contribution in [0.4, 0.5) is 0 Å². The SMILES string of the molecule is Cc1ccc(CC(=O)N2CCCCCOc3ccccc3Oc3ncccc3C2)cc1. The summed E-state index contributed by atoms with van der Waals surface area (Å²) in [7, 11) is 0. The Morgan fingerprint density at radius 2 is 1.77 bits per heavy atom. The molecule has 31 heavy (non-hydrogen) atoms. The molecule has 0 fully saturated rings. The lowest BCUT2D eigenvalue weighted by atomic mass is 10.1. The molecule has 0 unspecified atom stereocenters. The van der Waals surface area contributed by atoms with Crippen LogP contribution in [0, 0.1) is 6.92 Å². The number of nitrogens with zero attached hydrogens (tertiary/aromatic N) is 2. The minimum absolute atomic E-state index is 0.116. The molecule has 2 aromatic carbocycles. The van der Waals surface area contributed by atoms with Crippen LogP contribution in [0.15, 0.2) is 66.9 Å². The molecule has 0 spiro atoms. The molecule has 0 N–H and O–H groups in total. The van der Waals surface area contributed by atoms with E-state index in [1.807, 2.05) is 65.6 Å². The van der Waals surface area contributed by atoms with Crippen LogP contribution in [0.5, 0.6) is 17.4 Å². The van der Waals surface area contributed by atoms with Crippen LogP contribution in [0.25, 0.3) is 0 Å². The van der Waals surface area contributed by atoms with Gasteiger partial charge in [-0.05, 0) is 49.9 Å². The average molecular weight is 417 g/mol. The van der Waals surface area contributed by atoms with Crippen molar-refractivity contribution in [2.24, 2.45) is 0 Å². The van der Waals surface area contributed by atoms with Gasteiger partial charge in [0.2, 0.25) is 11.8 Å². The smallest absolute Gasteiger partial charge is 0.227 e. The summed E-state index contributed by atoms with van der Waals surface area (Å²) in [5, 5.41) is 0. The fraction of sp³-hybridized carbons (Fsp3) is 0.308. The normalized spacial score (nSPS) is 14.5. The van der Waals surface area contributed by atoms with Crippen LogP contribution in [0.2, 0.25) is 0 Å². The standard InChI is InChI=1S/C26H28N2O3/c1-20-11-13-21(14-12-20)18-25(29)28-16-5-2-6-17-30-23-9-3-4-10-24(23)31-26-22(19-28)8-7-15-27-26/h3-4,7-15H,2,5-6,16-19H2,1H3. The number of para-hydroxylation sites is 2. The van der Waals surface area contributed by atoms with Crippen LogP contribution in [0.3, 0.4) is 0 Å². The van der Waals surface area contributed by atoms with E-state index in [2.05, 4.69) is 11.9 Å². The van der Waals surface area contributed by atoms with Crippen LogP contribution in [-0.2, 0) is 17.8 Å². The van der Waals surface area contributed by atoms with Crippen molar-refractivity contribution in [3.05, 3.63) is 83.6 Å². The quantitative estimate of drug-likeness (QED) is 0.568. The predicted octanol–water partition coefficient (Wildman–Crippen LogP) is 5.32. The number of aromatic nitrogens is 1. The van der Waals surface area contributed by atoms with Gasteiger partial charge in [0, 0.05) is 18.3 Å². The minimum atomic E-state index is 0.116. The van der Waals surface area contributed by atoms with Crippen LogP contribution < -0.4 is 9.47 Å². The second kappa shape index (κ2) is 10.1. The second-order valence-corrected chi connectivity index (χ2v) is 7.90. The molecular weight excluding hydrogens is 388 g/mol. The summed E-state index contributed by atoms with van der Waals surface area (Å²) in [5.41, 5.74) is 3.11. The summed E-state index contributed by atoms with van der Waals surface area (Å²) in [6.45, 7) is 3.84. The van der Waals surface area contributed by atoms with Gasteiger partial charge in [-0.15, -0.1) is 0 Å². The lowest BCUT2D eigenvalue weighted by Gasteiger charge is -2.24. The third-order valence-electron chi connectivity index (χ3n) is 5.43. The Hall–Kier alpha value is -3.34. The summed E-state index contributed by atoms with van der Waals surface area (Å²) >= 11 is 0. The highest BCUT2D eigenvalue weighted by molar-refractivity contribution is 5.78. The van der Waals surface area contributed by atoms with Gasteiger partial charge >= 0.3 is 0 Å². The fourth-order valence-electron chi connectivity index (χ4n) is 3.65. The Labute approximate surface area is 183 Å². The van der Waals surface area contributed by atoms with E-state index in [9.17, 15) is 4.79 Å². The van der Waals surface area contributed by atoms with E-state index in [1.165, 1.54) is 5.56 Å². The predicted molar refractivity (Wildman–Crippen MR) is 120 cm³/mol. The van der Waals surface area contributed by atoms with Gasteiger partial charge in [-0.3, -0.25) is 4.79 Å². The molecule has 0 bridgehead atoms. The number of benzene rings is 2. The number of carbonyl (C=O) groups excluding carboxylic acids is 1. The molecule has 4 rings (SSSR count). The molecule has 160 valence electrons. The highest BCUT2D eigenvalue weighted by Gasteiger charge is 2.19. The number of hydrogen-bond acceptors (Lipinski definition) is 4. The van der Waals surface area contributed by atoms with Gasteiger partial charge in [-0.25, -0.2) is 4.98 Å². The maximum absolute atomic E-state index is 13.2. The van der Waals surface area contributed by atoms with Crippen molar-refractivity contribution in [1.82, 2.24) is 9.88 Å². The van der Waals surface area contributed by atoms with E-state index in [-0.39, 0.29) is 5.91 Å². The minimum Gasteiger partial charge on any atom is -0.490 e. The highest BCUT2D eigenvalue weighted by Crippen LogP contribution is 2.32. The first-order chi connectivity index (χ1) is 15.2. The molecule has 0 aliphatic carbocycles. The van der Waals surface area contributed by atoms with Gasteiger partial charge in [0.25, 0.3) is 0 Å². The zero-order valence-electron chi connectivity index (χ0n) is 17.9. The summed E-state index contributed by atoms with van der Waals surface area (Å²) in [6.07, 6.45) is 4.96. The molecule has 5 nitrogen and oxygen atoms in total. The number of rotatable bonds is 2. The van der Waals surface area contributed by atoms with Crippen molar-refractivity contribution in [2.45, 2.75) is 39.2 Å². The zero-order valence-corrected chi connectivity index (χ0v) is 17.9. The number of pyridine rings is 1. The Kier molecular flexibility index (Phi) is 6.82. The summed E-state index contributed by atoms with van der Waals surface area (Å²) in [4.78, 5) is 19.6. The first kappa shape index (κ1) is 20.9. The summed E-state index contributed by atoms with van der Waals surface area (Å²) < 4.78 is 12.1. The third-order valence-corrected chi connectivity index (χ3v) is 5.43. The Morgan fingerprint density at radius 1 is 0.968 bits per heavy atom. The number of fused-ring (bicyclic) bond motifs is 2. The Morgan fingerprint density at radius 3 is 2.61 bits per heavy atom. The number of aryl methyl sites for hydroxylation is 1. The molecule has 3 aromatic rings. The third kappa shape index (κ3) is 5.63. The molecular formula is C26H28N2O3. The first-order valence-electron chi connectivity index (χ1n) is 10.9. The zero-order chi connectivity index (χ0) is 21.5. The van der Waals surface area contributed by atoms with E-state index in [1.54, 1.807) is 6.20 Å². The van der Waals surface area contributed by atoms with Crippen LogP contribution in [-0.4, -0.2) is 28.9 Å². The van der Waals surface area contributed by atoms with Gasteiger partial charge in [-0.2, -0.15) is 0 Å². The maximum Gasteiger partial charge on any atom is 0.227 e. The van der Waals surface area contributed by atoms with Gasteiger partial charge in [0.1, 0.15) is 0 Å². The van der Waals surface area contributed by atoms with E-state index in [0.29, 0.717) is 43.5 Å². The van der Waals surface area contributed by atoms with Crippen molar-refractivity contribution in [1.29, 1.82) is 0 Å². The largest absolute Gasteiger partial charge is 0.490 e. The summed E-state index contributed by atoms with van der Waals surface area (Å²) in [6, 6.07) is 19.7. The van der Waals surface area contributed by atoms with Crippen molar-refractivity contribution in [3.63, 3.8) is 0 Å². The monoisotopic (exact) mass is 416 g/mol. The molecule has 2 heterocycles. The van der Waals surface area contributed by atoms with E-state index >= 15 is 0 Å². The number of hydrogen-bond donors (Lipinski definition) is 0. The molecule has 0 saturated carbocycles. The van der Waals surface area contributed by atoms with E-state index < -0.39 is 0 Å². The van der Waals surface area contributed by atoms with Gasteiger partial charge in [0.15, 0.2) is 11.5 Å². The molecule has 0 atom stereocenters. The molecule has 1 aliphatic rings. The van der Waals surface area contributed by atoms with Gasteiger partial charge in [0.05, 0.1) is 19.6 Å². The van der Waals surface area contributed by atoms with Crippen LogP contribution >= 0.6 is 0 Å². The molecule has 1 amide bonds. The number of ether oxygens (including phenoxy) is 2. The van der Waals surface area contributed by atoms with Crippen molar-refractivity contribution < 1.29 is 14.3 Å². The van der Waals surface area contributed by atoms with Crippen LogP contribution in [0.1, 0.15) is 36.0 Å². The molecule has 5 heteroatoms. The summed E-state index contributed by atoms with van der Waals surface area (Å²) in [5.74, 6) is 1.97. The lowest BCUT2D eigenvalue weighted by molar-refractivity contribution is -0.131. The second-order valence-electron chi connectivity index (χ2n) is 7.90. The Bertz CT molecular complexity index is 1020. The fourth-order valence-corrected chi connectivity index (χ4v) is 3.65. The van der Waals surface area contributed by atoms with Gasteiger partial charge < -0.3 is 14.4 Å². The molecule has 1 aliphatic heterocycles. The first-order valence-corrected chi connectivity index (χ1v) is 10.9. The van der Waals surface area contributed by atoms with E-state index in [4.69, 9.17) is 9.47 Å². The topological polar surface area (TPSA) is 51.7 Å². The average Bonchev–Trinajstić information content (AvgIpc) is 2.80. The molecule has 0 radical (unpaired) electrons. The van der Waals surface area contributed by atoms with E-state index in [0.717, 1.165) is 30.4 Å². The molecule has 0 saturated heterocycles. The number of carbonyl (C=O) groups is 1.